The number of benzene rings is 1. The van der Waals surface area contributed by atoms with E-state index in [1.807, 2.05) is 37.3 Å². The molecule has 3 aromatic heterocycles. The molecule has 1 amide bonds. The predicted molar refractivity (Wildman–Crippen MR) is 114 cm³/mol. The van der Waals surface area contributed by atoms with Gasteiger partial charge in [0.15, 0.2) is 0 Å². The number of fused-ring (bicyclic) bond motifs is 2. The van der Waals surface area contributed by atoms with Gasteiger partial charge in [-0.2, -0.15) is 0 Å². The second kappa shape index (κ2) is 7.82. The van der Waals surface area contributed by atoms with Crippen LogP contribution in [0.25, 0.3) is 16.7 Å². The molecule has 0 saturated carbocycles. The topological polar surface area (TPSA) is 103 Å². The van der Waals surface area contributed by atoms with Crippen LogP contribution in [0.1, 0.15) is 22.8 Å². The monoisotopic (exact) mass is 404 g/mol. The van der Waals surface area contributed by atoms with Crippen molar-refractivity contribution in [3.8, 4) is 5.75 Å². The van der Waals surface area contributed by atoms with Gasteiger partial charge >= 0.3 is 0 Å². The lowest BCUT2D eigenvalue weighted by atomic mass is 10.1. The van der Waals surface area contributed by atoms with Crippen LogP contribution in [-0.4, -0.2) is 28.9 Å². The number of carbonyl (C=O) groups is 1. The normalized spacial score (nSPS) is 11.0. The van der Waals surface area contributed by atoms with Crippen LogP contribution in [0.4, 0.5) is 5.82 Å². The molecule has 0 unspecified atom stereocenters. The molecule has 0 fully saturated rings. The Hall–Kier alpha value is -3.94. The van der Waals surface area contributed by atoms with Crippen LogP contribution in [-0.2, 0) is 6.54 Å². The zero-order valence-corrected chi connectivity index (χ0v) is 16.8. The highest BCUT2D eigenvalue weighted by Gasteiger charge is 2.24. The summed E-state index contributed by atoms with van der Waals surface area (Å²) in [7, 11) is 1.60. The van der Waals surface area contributed by atoms with E-state index in [4.69, 9.17) is 10.5 Å². The highest BCUT2D eigenvalue weighted by atomic mass is 16.5. The molecule has 3 N–H and O–H groups in total. The third-order valence-electron chi connectivity index (χ3n) is 4.94. The van der Waals surface area contributed by atoms with E-state index in [-0.39, 0.29) is 22.8 Å². The van der Waals surface area contributed by atoms with Gasteiger partial charge in [0.05, 0.1) is 13.7 Å². The van der Waals surface area contributed by atoms with Crippen LogP contribution in [0.2, 0.25) is 0 Å². The van der Waals surface area contributed by atoms with Crippen molar-refractivity contribution in [2.24, 2.45) is 0 Å². The molecule has 4 aromatic rings. The van der Waals surface area contributed by atoms with Gasteiger partial charge < -0.3 is 15.8 Å². The van der Waals surface area contributed by atoms with Gasteiger partial charge in [0, 0.05) is 12.7 Å². The number of hydrogen-bond acceptors (Lipinski definition) is 5. The lowest BCUT2D eigenvalue weighted by Gasteiger charge is -2.12. The molecule has 8 nitrogen and oxygen atoms in total. The number of nitrogen functional groups attached to an aromatic ring is 1. The maximum absolute atomic E-state index is 13.1. The summed E-state index contributed by atoms with van der Waals surface area (Å²) in [6.07, 6.45) is 1.65. The Balaban J connectivity index is 2.00. The SMILES string of the molecule is CCNC(=O)c1cc2c(=O)n3ccccc3nc2[n+](Cc2ccc(OC)cc2)c1N. The number of methoxy groups -OCH3 is 1. The van der Waals surface area contributed by atoms with Crippen molar-refractivity contribution in [1.29, 1.82) is 0 Å². The Morgan fingerprint density at radius 2 is 2.00 bits per heavy atom. The van der Waals surface area contributed by atoms with E-state index in [1.165, 1.54) is 10.5 Å². The molecule has 0 spiro atoms. The summed E-state index contributed by atoms with van der Waals surface area (Å²) < 4.78 is 8.37. The Morgan fingerprint density at radius 3 is 2.70 bits per heavy atom. The molecular weight excluding hydrogens is 382 g/mol. The average Bonchev–Trinajstić information content (AvgIpc) is 2.76. The second-order valence-electron chi connectivity index (χ2n) is 6.82. The summed E-state index contributed by atoms with van der Waals surface area (Å²) in [5.41, 5.74) is 8.25. The standard InChI is InChI=1S/C22H21N5O3/c1-3-24-21(28)16-12-17-20(25-18-6-4-5-11-26(18)22(17)29)27(19(16)23)13-14-7-9-15(30-2)10-8-14/h4-12,23H,3,13H2,1-2H3,(H,24,28)/p+1. The summed E-state index contributed by atoms with van der Waals surface area (Å²) in [5, 5.41) is 3.07. The second-order valence-corrected chi connectivity index (χ2v) is 6.82. The lowest BCUT2D eigenvalue weighted by Crippen LogP contribution is -2.43. The number of carbonyl (C=O) groups excluding carboxylic acids is 1. The molecule has 152 valence electrons. The number of anilines is 1. The molecule has 0 aliphatic rings. The zero-order valence-electron chi connectivity index (χ0n) is 16.8. The summed E-state index contributed by atoms with van der Waals surface area (Å²) >= 11 is 0. The van der Waals surface area contributed by atoms with Crippen molar-refractivity contribution in [2.75, 3.05) is 19.4 Å². The van der Waals surface area contributed by atoms with E-state index < -0.39 is 0 Å². The van der Waals surface area contributed by atoms with Gasteiger partial charge in [-0.15, -0.1) is 0 Å². The van der Waals surface area contributed by atoms with Gasteiger partial charge in [-0.25, -0.2) is 4.57 Å². The van der Waals surface area contributed by atoms with Crippen LogP contribution in [0, 0.1) is 0 Å². The number of rotatable bonds is 5. The van der Waals surface area contributed by atoms with Crippen molar-refractivity contribution in [3.63, 3.8) is 0 Å². The van der Waals surface area contributed by atoms with Crippen LogP contribution in [0.3, 0.4) is 0 Å². The number of pyridine rings is 2. The van der Waals surface area contributed by atoms with E-state index in [9.17, 15) is 9.59 Å². The number of nitrogens with zero attached hydrogens (tertiary/aromatic N) is 3. The van der Waals surface area contributed by atoms with E-state index in [0.29, 0.717) is 29.8 Å². The minimum absolute atomic E-state index is 0.243. The molecule has 8 heteroatoms. The van der Waals surface area contributed by atoms with E-state index >= 15 is 0 Å². The fourth-order valence-electron chi connectivity index (χ4n) is 3.41. The molecule has 4 rings (SSSR count). The quantitative estimate of drug-likeness (QED) is 0.388. The highest BCUT2D eigenvalue weighted by molar-refractivity contribution is 6.00. The maximum atomic E-state index is 13.1. The molecule has 0 radical (unpaired) electrons. The maximum Gasteiger partial charge on any atom is 0.278 e. The Kier molecular flexibility index (Phi) is 5.05. The third-order valence-corrected chi connectivity index (χ3v) is 4.94. The molecule has 30 heavy (non-hydrogen) atoms. The predicted octanol–water partition coefficient (Wildman–Crippen LogP) is 1.52. The summed E-state index contributed by atoms with van der Waals surface area (Å²) in [6.45, 7) is 2.61. The molecule has 1 aromatic carbocycles. The Morgan fingerprint density at radius 1 is 1.23 bits per heavy atom. The summed E-state index contributed by atoms with van der Waals surface area (Å²) in [5.74, 6) is 0.648. The summed E-state index contributed by atoms with van der Waals surface area (Å²) in [6, 6.07) is 14.4. The van der Waals surface area contributed by atoms with Gasteiger partial charge in [-0.05, 0) is 42.8 Å². The number of ether oxygens (including phenoxy) is 1. The van der Waals surface area contributed by atoms with Gasteiger partial charge in [0.25, 0.3) is 17.1 Å². The van der Waals surface area contributed by atoms with Crippen molar-refractivity contribution in [1.82, 2.24) is 14.7 Å². The van der Waals surface area contributed by atoms with Crippen molar-refractivity contribution in [2.45, 2.75) is 13.5 Å². The van der Waals surface area contributed by atoms with Crippen LogP contribution < -0.4 is 25.9 Å². The van der Waals surface area contributed by atoms with Crippen molar-refractivity contribution < 1.29 is 14.1 Å². The third kappa shape index (κ3) is 3.32. The van der Waals surface area contributed by atoms with Crippen LogP contribution >= 0.6 is 0 Å². The summed E-state index contributed by atoms with van der Waals surface area (Å²) in [4.78, 5) is 30.4. The molecule has 0 bridgehead atoms. The van der Waals surface area contributed by atoms with Crippen LogP contribution in [0.5, 0.6) is 5.75 Å². The number of amides is 1. The molecule has 0 saturated heterocycles. The molecule has 0 aliphatic heterocycles. The Bertz CT molecular complexity index is 1310. The minimum atomic E-state index is -0.335. The fourth-order valence-corrected chi connectivity index (χ4v) is 3.41. The number of aromatic nitrogens is 3. The van der Waals surface area contributed by atoms with Gasteiger partial charge in [-0.1, -0.05) is 23.2 Å². The first-order chi connectivity index (χ1) is 14.5. The van der Waals surface area contributed by atoms with Gasteiger partial charge in [0.1, 0.15) is 16.7 Å². The van der Waals surface area contributed by atoms with Crippen molar-refractivity contribution >= 4 is 28.4 Å². The van der Waals surface area contributed by atoms with Gasteiger partial charge in [0.2, 0.25) is 11.5 Å². The lowest BCUT2D eigenvalue weighted by molar-refractivity contribution is -0.649. The van der Waals surface area contributed by atoms with E-state index in [2.05, 4.69) is 10.3 Å². The first-order valence-electron chi connectivity index (χ1n) is 9.58. The van der Waals surface area contributed by atoms with E-state index in [0.717, 1.165) is 11.3 Å². The average molecular weight is 404 g/mol. The number of nitrogens with two attached hydrogens (primary N) is 1. The first-order valence-corrected chi connectivity index (χ1v) is 9.58. The van der Waals surface area contributed by atoms with Crippen molar-refractivity contribution in [3.05, 3.63) is 76.2 Å². The zero-order chi connectivity index (χ0) is 21.3. The largest absolute Gasteiger partial charge is 0.497 e. The van der Waals surface area contributed by atoms with Crippen LogP contribution in [0.15, 0.2) is 59.5 Å². The molecular formula is C22H22N5O3+. The molecule has 0 aliphatic carbocycles. The number of nitrogens with one attached hydrogen (secondary N) is 1. The molecule has 3 heterocycles. The number of hydrogen-bond donors (Lipinski definition) is 2. The minimum Gasteiger partial charge on any atom is -0.497 e. The fraction of sp³-hybridized carbons (Fsp3) is 0.182. The van der Waals surface area contributed by atoms with Gasteiger partial charge in [-0.3, -0.25) is 14.0 Å². The molecule has 0 atom stereocenters. The Labute approximate surface area is 172 Å². The van der Waals surface area contributed by atoms with E-state index in [1.54, 1.807) is 30.0 Å². The smallest absolute Gasteiger partial charge is 0.278 e. The first kappa shape index (κ1) is 19.4. The highest BCUT2D eigenvalue weighted by Crippen LogP contribution is 2.17.